The van der Waals surface area contributed by atoms with Crippen LogP contribution in [-0.2, 0) is 9.47 Å². The van der Waals surface area contributed by atoms with E-state index >= 15 is 0 Å². The molecule has 0 fully saturated rings. The van der Waals surface area contributed by atoms with Crippen molar-refractivity contribution in [3.63, 3.8) is 0 Å². The van der Waals surface area contributed by atoms with E-state index in [0.717, 1.165) is 12.8 Å². The summed E-state index contributed by atoms with van der Waals surface area (Å²) in [5, 5.41) is 0. The number of ether oxygens (including phenoxy) is 2. The first kappa shape index (κ1) is 13.1. The average Bonchev–Trinajstić information content (AvgIpc) is 2.21. The SMILES string of the molecule is C=CCCC(C)(OCC=C)OCC=C. The molecule has 0 aliphatic rings. The van der Waals surface area contributed by atoms with Crippen LogP contribution in [0, 0.1) is 0 Å². The van der Waals surface area contributed by atoms with E-state index in [1.54, 1.807) is 12.2 Å². The molecule has 0 aromatic rings. The van der Waals surface area contributed by atoms with Gasteiger partial charge in [-0.05, 0) is 13.3 Å². The Morgan fingerprint density at radius 3 is 1.86 bits per heavy atom. The normalized spacial score (nSPS) is 10.9. The Kier molecular flexibility index (Phi) is 7.07. The van der Waals surface area contributed by atoms with Gasteiger partial charge >= 0.3 is 0 Å². The molecule has 0 unspecified atom stereocenters. The Morgan fingerprint density at radius 1 is 1.00 bits per heavy atom. The van der Waals surface area contributed by atoms with Crippen molar-refractivity contribution in [2.45, 2.75) is 25.6 Å². The Balaban J connectivity index is 4.07. The first-order chi connectivity index (χ1) is 6.68. The van der Waals surface area contributed by atoms with Crippen LogP contribution in [0.25, 0.3) is 0 Å². The van der Waals surface area contributed by atoms with Crippen LogP contribution < -0.4 is 0 Å². The number of hydrogen-bond donors (Lipinski definition) is 0. The van der Waals surface area contributed by atoms with E-state index in [0.29, 0.717) is 13.2 Å². The quantitative estimate of drug-likeness (QED) is 0.417. The molecular formula is C12H20O2. The lowest BCUT2D eigenvalue weighted by Crippen LogP contribution is -2.32. The highest BCUT2D eigenvalue weighted by Gasteiger charge is 2.23. The van der Waals surface area contributed by atoms with Crippen molar-refractivity contribution >= 4 is 0 Å². The minimum atomic E-state index is -0.559. The fourth-order valence-electron chi connectivity index (χ4n) is 1.02. The minimum Gasteiger partial charge on any atom is -0.346 e. The molecule has 2 nitrogen and oxygen atoms in total. The molecule has 0 spiro atoms. The van der Waals surface area contributed by atoms with Crippen molar-refractivity contribution in [2.24, 2.45) is 0 Å². The standard InChI is InChI=1S/C12H20O2/c1-5-8-9-12(4,13-10-6-2)14-11-7-3/h5-7H,1-3,8-11H2,4H3. The Bertz CT molecular complexity index is 153. The molecule has 0 aromatic heterocycles. The Morgan fingerprint density at radius 2 is 1.50 bits per heavy atom. The molecule has 0 rings (SSSR count). The number of hydrogen-bond acceptors (Lipinski definition) is 2. The summed E-state index contributed by atoms with van der Waals surface area (Å²) < 4.78 is 11.1. The number of rotatable bonds is 9. The third-order valence-electron chi connectivity index (χ3n) is 1.82. The molecule has 0 atom stereocenters. The van der Waals surface area contributed by atoms with Crippen LogP contribution in [0.15, 0.2) is 38.0 Å². The van der Waals surface area contributed by atoms with Gasteiger partial charge in [-0.2, -0.15) is 0 Å². The molecule has 0 amide bonds. The van der Waals surface area contributed by atoms with Crippen LogP contribution in [0.4, 0.5) is 0 Å². The highest BCUT2D eigenvalue weighted by atomic mass is 16.7. The van der Waals surface area contributed by atoms with Gasteiger partial charge in [-0.15, -0.1) is 19.7 Å². The van der Waals surface area contributed by atoms with Gasteiger partial charge in [-0.25, -0.2) is 0 Å². The second-order valence-corrected chi connectivity index (χ2v) is 3.16. The molecule has 0 saturated heterocycles. The van der Waals surface area contributed by atoms with Crippen LogP contribution in [0.3, 0.4) is 0 Å². The summed E-state index contributed by atoms with van der Waals surface area (Å²) in [5.41, 5.74) is 0. The van der Waals surface area contributed by atoms with Crippen molar-refractivity contribution in [1.29, 1.82) is 0 Å². The van der Waals surface area contributed by atoms with Gasteiger partial charge in [0, 0.05) is 6.42 Å². The van der Waals surface area contributed by atoms with Gasteiger partial charge in [0.25, 0.3) is 0 Å². The summed E-state index contributed by atoms with van der Waals surface area (Å²) in [6.45, 7) is 13.8. The lowest BCUT2D eigenvalue weighted by molar-refractivity contribution is -0.216. The summed E-state index contributed by atoms with van der Waals surface area (Å²) in [4.78, 5) is 0. The zero-order chi connectivity index (χ0) is 10.9. The third-order valence-corrected chi connectivity index (χ3v) is 1.82. The Hall–Kier alpha value is -0.860. The lowest BCUT2D eigenvalue weighted by Gasteiger charge is -2.28. The van der Waals surface area contributed by atoms with Crippen LogP contribution in [-0.4, -0.2) is 19.0 Å². The third kappa shape index (κ3) is 5.73. The zero-order valence-corrected chi connectivity index (χ0v) is 9.00. The molecule has 0 N–H and O–H groups in total. The van der Waals surface area contributed by atoms with Crippen molar-refractivity contribution < 1.29 is 9.47 Å². The smallest absolute Gasteiger partial charge is 0.166 e. The maximum atomic E-state index is 5.55. The molecule has 0 bridgehead atoms. The zero-order valence-electron chi connectivity index (χ0n) is 9.00. The first-order valence-corrected chi connectivity index (χ1v) is 4.79. The van der Waals surface area contributed by atoms with E-state index in [9.17, 15) is 0 Å². The minimum absolute atomic E-state index is 0.491. The highest BCUT2D eigenvalue weighted by molar-refractivity contribution is 4.77. The predicted octanol–water partition coefficient (Wildman–Crippen LogP) is 3.07. The Labute approximate surface area is 86.9 Å². The largest absolute Gasteiger partial charge is 0.346 e. The van der Waals surface area contributed by atoms with Crippen LogP contribution in [0.5, 0.6) is 0 Å². The van der Waals surface area contributed by atoms with Gasteiger partial charge in [0.2, 0.25) is 0 Å². The maximum absolute atomic E-state index is 5.55. The molecule has 80 valence electrons. The van der Waals surface area contributed by atoms with Crippen molar-refractivity contribution in [2.75, 3.05) is 13.2 Å². The molecule has 0 heterocycles. The molecule has 0 aromatic carbocycles. The average molecular weight is 196 g/mol. The second-order valence-electron chi connectivity index (χ2n) is 3.16. The van der Waals surface area contributed by atoms with E-state index in [1.165, 1.54) is 0 Å². The van der Waals surface area contributed by atoms with Gasteiger partial charge < -0.3 is 9.47 Å². The summed E-state index contributed by atoms with van der Waals surface area (Å²) in [7, 11) is 0. The van der Waals surface area contributed by atoms with Gasteiger partial charge in [-0.3, -0.25) is 0 Å². The van der Waals surface area contributed by atoms with E-state index in [4.69, 9.17) is 9.47 Å². The van der Waals surface area contributed by atoms with Gasteiger partial charge in [0.15, 0.2) is 5.79 Å². The second kappa shape index (κ2) is 7.54. The molecule has 14 heavy (non-hydrogen) atoms. The van der Waals surface area contributed by atoms with E-state index < -0.39 is 5.79 Å². The van der Waals surface area contributed by atoms with Gasteiger partial charge in [-0.1, -0.05) is 18.2 Å². The van der Waals surface area contributed by atoms with Crippen LogP contribution in [0.1, 0.15) is 19.8 Å². The molecular weight excluding hydrogens is 176 g/mol. The summed E-state index contributed by atoms with van der Waals surface area (Å²) in [5.74, 6) is -0.559. The van der Waals surface area contributed by atoms with E-state index in [2.05, 4.69) is 19.7 Å². The molecule has 0 radical (unpaired) electrons. The van der Waals surface area contributed by atoms with Crippen LogP contribution in [0.2, 0.25) is 0 Å². The molecule has 2 heteroatoms. The first-order valence-electron chi connectivity index (χ1n) is 4.79. The fraction of sp³-hybridized carbons (Fsp3) is 0.500. The number of allylic oxidation sites excluding steroid dienone is 1. The molecule has 0 aliphatic carbocycles. The van der Waals surface area contributed by atoms with Crippen molar-refractivity contribution in [3.05, 3.63) is 38.0 Å². The summed E-state index contributed by atoms with van der Waals surface area (Å²) in [6, 6.07) is 0. The van der Waals surface area contributed by atoms with Crippen molar-refractivity contribution in [1.82, 2.24) is 0 Å². The lowest BCUT2D eigenvalue weighted by atomic mass is 10.1. The fourth-order valence-corrected chi connectivity index (χ4v) is 1.02. The van der Waals surface area contributed by atoms with Crippen LogP contribution >= 0.6 is 0 Å². The topological polar surface area (TPSA) is 18.5 Å². The van der Waals surface area contributed by atoms with E-state index in [1.807, 2.05) is 13.0 Å². The highest BCUT2D eigenvalue weighted by Crippen LogP contribution is 2.19. The maximum Gasteiger partial charge on any atom is 0.166 e. The van der Waals surface area contributed by atoms with Crippen molar-refractivity contribution in [3.8, 4) is 0 Å². The van der Waals surface area contributed by atoms with Gasteiger partial charge in [0.05, 0.1) is 13.2 Å². The molecule has 0 aliphatic heterocycles. The summed E-state index contributed by atoms with van der Waals surface area (Å²) in [6.07, 6.45) is 6.93. The monoisotopic (exact) mass is 196 g/mol. The predicted molar refractivity (Wildman–Crippen MR) is 60.1 cm³/mol. The summed E-state index contributed by atoms with van der Waals surface area (Å²) >= 11 is 0. The van der Waals surface area contributed by atoms with E-state index in [-0.39, 0.29) is 0 Å². The molecule has 0 saturated carbocycles. The van der Waals surface area contributed by atoms with Gasteiger partial charge in [0.1, 0.15) is 0 Å².